The van der Waals surface area contributed by atoms with Gasteiger partial charge in [0.2, 0.25) is 15.9 Å². The van der Waals surface area contributed by atoms with Crippen molar-refractivity contribution in [2.75, 3.05) is 11.9 Å². The molecule has 0 aliphatic carbocycles. The molecule has 0 atom stereocenters. The molecule has 0 aliphatic rings. The monoisotopic (exact) mass is 600 g/mol. The number of hydrogen-bond acceptors (Lipinski definition) is 5. The highest BCUT2D eigenvalue weighted by atomic mass is 79.9. The van der Waals surface area contributed by atoms with Crippen molar-refractivity contribution in [3.05, 3.63) is 110 Å². The van der Waals surface area contributed by atoms with Gasteiger partial charge in [-0.05, 0) is 61.0 Å². The van der Waals surface area contributed by atoms with Gasteiger partial charge in [-0.3, -0.25) is 9.59 Å². The molecular formula is C26H22BrClN4O4S. The molecule has 8 nitrogen and oxygen atoms in total. The summed E-state index contributed by atoms with van der Waals surface area (Å²) < 4.78 is 28.8. The van der Waals surface area contributed by atoms with Gasteiger partial charge in [0.15, 0.2) is 0 Å². The van der Waals surface area contributed by atoms with Crippen LogP contribution in [0.1, 0.15) is 11.3 Å². The molecule has 4 aromatic rings. The molecule has 4 rings (SSSR count). The van der Waals surface area contributed by atoms with Crippen LogP contribution in [0.3, 0.4) is 0 Å². The van der Waals surface area contributed by atoms with Gasteiger partial charge in [-0.25, -0.2) is 13.4 Å². The Morgan fingerprint density at radius 3 is 2.43 bits per heavy atom. The van der Waals surface area contributed by atoms with Crippen LogP contribution >= 0.6 is 27.5 Å². The standard InChI is InChI=1S/C26H22BrClN4O4S/c1-17-13-24(33)31-26(29-17)19-3-2-4-22(14-19)30-25(34)16-32(15-18-5-9-21(28)10-6-18)37(35,36)23-11-7-20(27)8-12-23/h2-14H,15-16H2,1H3,(H,30,34)(H,29,31,33). The van der Waals surface area contributed by atoms with Crippen LogP contribution in [-0.2, 0) is 21.4 Å². The number of nitrogens with one attached hydrogen (secondary N) is 2. The molecule has 0 aliphatic heterocycles. The van der Waals surface area contributed by atoms with Gasteiger partial charge in [0.05, 0.1) is 11.4 Å². The molecule has 1 amide bonds. The van der Waals surface area contributed by atoms with E-state index in [2.05, 4.69) is 31.2 Å². The summed E-state index contributed by atoms with van der Waals surface area (Å²) in [5, 5.41) is 3.27. The number of nitrogens with zero attached hydrogens (tertiary/aromatic N) is 2. The van der Waals surface area contributed by atoms with Crippen molar-refractivity contribution in [2.45, 2.75) is 18.4 Å². The summed E-state index contributed by atoms with van der Waals surface area (Å²) in [7, 11) is -4.01. The van der Waals surface area contributed by atoms with Gasteiger partial charge < -0.3 is 10.3 Å². The second-order valence-corrected chi connectivity index (χ2v) is 11.5. The average Bonchev–Trinajstić information content (AvgIpc) is 2.85. The van der Waals surface area contributed by atoms with Gasteiger partial charge in [0.25, 0.3) is 5.56 Å². The fourth-order valence-corrected chi connectivity index (χ4v) is 5.37. The van der Waals surface area contributed by atoms with E-state index in [-0.39, 0.29) is 17.0 Å². The van der Waals surface area contributed by atoms with Crippen LogP contribution in [0.2, 0.25) is 5.02 Å². The SMILES string of the molecule is Cc1cc(=O)[nH]c(-c2cccc(NC(=O)CN(Cc3ccc(Cl)cc3)S(=O)(=O)c3ccc(Br)cc3)c2)n1. The summed E-state index contributed by atoms with van der Waals surface area (Å²) in [6, 6.07) is 21.1. The molecule has 0 fully saturated rings. The number of benzene rings is 3. The van der Waals surface area contributed by atoms with Crippen LogP contribution in [0, 0.1) is 6.92 Å². The van der Waals surface area contributed by atoms with E-state index in [9.17, 15) is 18.0 Å². The first kappa shape index (κ1) is 26.7. The zero-order chi connectivity index (χ0) is 26.6. The summed E-state index contributed by atoms with van der Waals surface area (Å²) in [5.41, 5.74) is 1.98. The van der Waals surface area contributed by atoms with Gasteiger partial charge in [0.1, 0.15) is 5.82 Å². The first-order valence-corrected chi connectivity index (χ1v) is 13.7. The first-order chi connectivity index (χ1) is 17.6. The third-order valence-electron chi connectivity index (χ3n) is 5.33. The maximum absolute atomic E-state index is 13.5. The Balaban J connectivity index is 1.58. The second kappa shape index (κ2) is 11.4. The van der Waals surface area contributed by atoms with Crippen molar-refractivity contribution in [3.8, 4) is 11.4 Å². The van der Waals surface area contributed by atoms with Crippen molar-refractivity contribution in [2.24, 2.45) is 0 Å². The van der Waals surface area contributed by atoms with Crippen molar-refractivity contribution in [1.82, 2.24) is 14.3 Å². The number of carbonyl (C=O) groups excluding carboxylic acids is 1. The summed E-state index contributed by atoms with van der Waals surface area (Å²) in [6.45, 7) is 1.26. The number of anilines is 1. The summed E-state index contributed by atoms with van der Waals surface area (Å²) in [5.74, 6) is -0.166. The van der Waals surface area contributed by atoms with Crippen LogP contribution < -0.4 is 10.9 Å². The minimum absolute atomic E-state index is 0.0303. The molecule has 0 spiro atoms. The zero-order valence-corrected chi connectivity index (χ0v) is 22.8. The molecule has 0 unspecified atom stereocenters. The van der Waals surface area contributed by atoms with E-state index in [4.69, 9.17) is 11.6 Å². The molecular weight excluding hydrogens is 580 g/mol. The second-order valence-electron chi connectivity index (χ2n) is 8.22. The largest absolute Gasteiger partial charge is 0.325 e. The molecule has 37 heavy (non-hydrogen) atoms. The number of H-pyrrole nitrogens is 1. The minimum atomic E-state index is -4.01. The first-order valence-electron chi connectivity index (χ1n) is 11.1. The number of rotatable bonds is 8. The van der Waals surface area contributed by atoms with Crippen molar-refractivity contribution < 1.29 is 13.2 Å². The number of sulfonamides is 1. The molecule has 190 valence electrons. The Hall–Kier alpha value is -3.31. The lowest BCUT2D eigenvalue weighted by atomic mass is 10.2. The van der Waals surface area contributed by atoms with E-state index >= 15 is 0 Å². The predicted molar refractivity (Wildman–Crippen MR) is 147 cm³/mol. The maximum Gasteiger partial charge on any atom is 0.251 e. The highest BCUT2D eigenvalue weighted by Crippen LogP contribution is 2.23. The molecule has 3 aromatic carbocycles. The number of halogens is 2. The zero-order valence-electron chi connectivity index (χ0n) is 19.6. The van der Waals surface area contributed by atoms with Crippen molar-refractivity contribution in [3.63, 3.8) is 0 Å². The number of amides is 1. The van der Waals surface area contributed by atoms with E-state index < -0.39 is 22.5 Å². The van der Waals surface area contributed by atoms with Gasteiger partial charge in [0, 0.05) is 39.1 Å². The summed E-state index contributed by atoms with van der Waals surface area (Å²) >= 11 is 9.28. The number of hydrogen-bond donors (Lipinski definition) is 2. The Morgan fingerprint density at radius 2 is 1.76 bits per heavy atom. The third-order valence-corrected chi connectivity index (χ3v) is 7.92. The van der Waals surface area contributed by atoms with E-state index in [0.29, 0.717) is 33.4 Å². The molecule has 11 heteroatoms. The number of aromatic amines is 1. The van der Waals surface area contributed by atoms with E-state index in [1.165, 1.54) is 18.2 Å². The van der Waals surface area contributed by atoms with Crippen molar-refractivity contribution >= 4 is 49.1 Å². The summed E-state index contributed by atoms with van der Waals surface area (Å²) in [6.07, 6.45) is 0. The minimum Gasteiger partial charge on any atom is -0.325 e. The quantitative estimate of drug-likeness (QED) is 0.296. The number of carbonyl (C=O) groups is 1. The molecule has 1 heterocycles. The van der Waals surface area contributed by atoms with Gasteiger partial charge in [-0.2, -0.15) is 4.31 Å². The van der Waals surface area contributed by atoms with E-state index in [0.717, 1.165) is 8.78 Å². The number of aromatic nitrogens is 2. The molecule has 0 saturated heterocycles. The highest BCUT2D eigenvalue weighted by molar-refractivity contribution is 9.10. The predicted octanol–water partition coefficient (Wildman–Crippen LogP) is 4.99. The highest BCUT2D eigenvalue weighted by Gasteiger charge is 2.27. The van der Waals surface area contributed by atoms with Crippen LogP contribution in [0.5, 0.6) is 0 Å². The smallest absolute Gasteiger partial charge is 0.251 e. The Kier molecular flexibility index (Phi) is 8.23. The van der Waals surface area contributed by atoms with Crippen LogP contribution in [0.25, 0.3) is 11.4 Å². The Labute approximate surface area is 227 Å². The average molecular weight is 602 g/mol. The lowest BCUT2D eigenvalue weighted by Crippen LogP contribution is -2.37. The van der Waals surface area contributed by atoms with Crippen LogP contribution in [-0.4, -0.2) is 35.1 Å². The van der Waals surface area contributed by atoms with Crippen molar-refractivity contribution in [1.29, 1.82) is 0 Å². The van der Waals surface area contributed by atoms with Gasteiger partial charge in [-0.1, -0.05) is 51.8 Å². The molecule has 0 saturated carbocycles. The summed E-state index contributed by atoms with van der Waals surface area (Å²) in [4.78, 5) is 31.9. The fraction of sp³-hybridized carbons (Fsp3) is 0.115. The van der Waals surface area contributed by atoms with Gasteiger partial charge in [-0.15, -0.1) is 0 Å². The molecule has 1 aromatic heterocycles. The topological polar surface area (TPSA) is 112 Å². The maximum atomic E-state index is 13.5. The normalized spacial score (nSPS) is 11.5. The lowest BCUT2D eigenvalue weighted by Gasteiger charge is -2.22. The number of aryl methyl sites for hydroxylation is 1. The third kappa shape index (κ3) is 6.92. The lowest BCUT2D eigenvalue weighted by molar-refractivity contribution is -0.116. The van der Waals surface area contributed by atoms with E-state index in [1.54, 1.807) is 67.6 Å². The fourth-order valence-electron chi connectivity index (χ4n) is 3.60. The van der Waals surface area contributed by atoms with E-state index in [1.807, 2.05) is 0 Å². The molecule has 0 radical (unpaired) electrons. The molecule has 0 bridgehead atoms. The Morgan fingerprint density at radius 1 is 1.05 bits per heavy atom. The molecule has 2 N–H and O–H groups in total. The van der Waals surface area contributed by atoms with Crippen LogP contribution in [0.4, 0.5) is 5.69 Å². The Bertz CT molecular complexity index is 1590. The van der Waals surface area contributed by atoms with Crippen LogP contribution in [0.15, 0.2) is 93.0 Å². The van der Waals surface area contributed by atoms with Gasteiger partial charge >= 0.3 is 0 Å².